The molecule has 0 aliphatic carbocycles. The van der Waals surface area contributed by atoms with Crippen LogP contribution in [0, 0.1) is 17.0 Å². The van der Waals surface area contributed by atoms with Gasteiger partial charge in [-0.15, -0.1) is 11.3 Å². The smallest absolute Gasteiger partial charge is 0.270 e. The molecule has 1 aliphatic rings. The van der Waals surface area contributed by atoms with Crippen molar-refractivity contribution in [1.82, 2.24) is 9.80 Å². The van der Waals surface area contributed by atoms with Gasteiger partial charge < -0.3 is 4.90 Å². The van der Waals surface area contributed by atoms with Gasteiger partial charge in [0.25, 0.3) is 17.5 Å². The Kier molecular flexibility index (Phi) is 4.56. The van der Waals surface area contributed by atoms with Crippen molar-refractivity contribution in [3.05, 3.63) is 61.3 Å². The van der Waals surface area contributed by atoms with Crippen LogP contribution in [-0.4, -0.2) is 46.0 Å². The molecule has 0 fully saturated rings. The molecule has 9 heteroatoms. The third-order valence-electron chi connectivity index (χ3n) is 4.23. The maximum absolute atomic E-state index is 12.4. The van der Waals surface area contributed by atoms with Crippen LogP contribution in [0.5, 0.6) is 0 Å². The Balaban J connectivity index is 1.75. The van der Waals surface area contributed by atoms with Gasteiger partial charge in [-0.1, -0.05) is 0 Å². The predicted octanol–water partition coefficient (Wildman–Crippen LogP) is 2.22. The summed E-state index contributed by atoms with van der Waals surface area (Å²) in [4.78, 5) is 50.8. The molecule has 1 aromatic heterocycles. The first-order valence-corrected chi connectivity index (χ1v) is 8.59. The van der Waals surface area contributed by atoms with E-state index in [9.17, 15) is 24.5 Å². The molecule has 2 heterocycles. The number of likely N-dealkylation sites (N-methyl/N-ethyl adjacent to an activating group) is 1. The summed E-state index contributed by atoms with van der Waals surface area (Å²) in [6.07, 6.45) is 0. The number of nitro groups is 1. The number of fused-ring (bicyclic) bond motifs is 1. The van der Waals surface area contributed by atoms with E-state index in [1.54, 1.807) is 7.05 Å². The van der Waals surface area contributed by atoms with Crippen molar-refractivity contribution in [3.8, 4) is 0 Å². The third-order valence-corrected chi connectivity index (χ3v) is 5.24. The molecule has 0 radical (unpaired) electrons. The fourth-order valence-corrected chi connectivity index (χ4v) is 3.62. The molecule has 3 rings (SSSR count). The van der Waals surface area contributed by atoms with Gasteiger partial charge in [0.05, 0.1) is 22.6 Å². The molecule has 3 amide bonds. The minimum atomic E-state index is -0.692. The van der Waals surface area contributed by atoms with E-state index in [1.165, 1.54) is 28.4 Å². The summed E-state index contributed by atoms with van der Waals surface area (Å²) >= 11 is 1.53. The van der Waals surface area contributed by atoms with Crippen LogP contribution in [-0.2, 0) is 11.3 Å². The average molecular weight is 373 g/mol. The van der Waals surface area contributed by atoms with Crippen LogP contribution in [0.25, 0.3) is 0 Å². The minimum Gasteiger partial charge on any atom is -0.339 e. The molecule has 0 saturated heterocycles. The maximum Gasteiger partial charge on any atom is 0.270 e. The molecular formula is C17H15N3O5S. The lowest BCUT2D eigenvalue weighted by molar-refractivity contribution is -0.384. The first-order chi connectivity index (χ1) is 12.3. The van der Waals surface area contributed by atoms with Crippen LogP contribution in [0.15, 0.2) is 29.6 Å². The highest BCUT2D eigenvalue weighted by atomic mass is 32.1. The highest BCUT2D eigenvalue weighted by Gasteiger charge is 2.38. The van der Waals surface area contributed by atoms with E-state index < -0.39 is 23.3 Å². The highest BCUT2D eigenvalue weighted by molar-refractivity contribution is 7.10. The zero-order valence-electron chi connectivity index (χ0n) is 14.1. The number of imide groups is 1. The van der Waals surface area contributed by atoms with E-state index >= 15 is 0 Å². The molecule has 0 saturated carbocycles. The predicted molar refractivity (Wildman–Crippen MR) is 94.0 cm³/mol. The van der Waals surface area contributed by atoms with Crippen LogP contribution >= 0.6 is 11.3 Å². The van der Waals surface area contributed by atoms with Gasteiger partial charge >= 0.3 is 0 Å². The number of nitrogens with zero attached hydrogens (tertiary/aromatic N) is 3. The first-order valence-electron chi connectivity index (χ1n) is 7.71. The molecule has 26 heavy (non-hydrogen) atoms. The number of hydrogen-bond donors (Lipinski definition) is 0. The normalized spacial score (nSPS) is 13.1. The fourth-order valence-electron chi connectivity index (χ4n) is 2.66. The molecule has 1 aliphatic heterocycles. The topological polar surface area (TPSA) is 101 Å². The summed E-state index contributed by atoms with van der Waals surface area (Å²) in [5, 5.41) is 12.8. The highest BCUT2D eigenvalue weighted by Crippen LogP contribution is 2.27. The second kappa shape index (κ2) is 6.68. The van der Waals surface area contributed by atoms with Gasteiger partial charge in [-0.25, -0.2) is 0 Å². The Morgan fingerprint density at radius 2 is 1.92 bits per heavy atom. The van der Waals surface area contributed by atoms with Crippen LogP contribution in [0.2, 0.25) is 0 Å². The van der Waals surface area contributed by atoms with Gasteiger partial charge in [0, 0.05) is 24.1 Å². The molecule has 0 spiro atoms. The zero-order valence-corrected chi connectivity index (χ0v) is 14.9. The van der Waals surface area contributed by atoms with Gasteiger partial charge in [0.15, 0.2) is 0 Å². The van der Waals surface area contributed by atoms with Gasteiger partial charge in [0.1, 0.15) is 6.54 Å². The average Bonchev–Trinajstić information content (AvgIpc) is 3.11. The summed E-state index contributed by atoms with van der Waals surface area (Å²) in [5.74, 6) is -1.70. The number of hydrogen-bond acceptors (Lipinski definition) is 6. The van der Waals surface area contributed by atoms with Crippen LogP contribution in [0.4, 0.5) is 5.69 Å². The Hall–Kier alpha value is -3.07. The van der Waals surface area contributed by atoms with Crippen molar-refractivity contribution in [2.24, 2.45) is 0 Å². The molecule has 0 N–H and O–H groups in total. The number of aryl methyl sites for hydroxylation is 1. The Labute approximate surface area is 152 Å². The van der Waals surface area contributed by atoms with Crippen molar-refractivity contribution < 1.29 is 19.3 Å². The third kappa shape index (κ3) is 3.08. The van der Waals surface area contributed by atoms with Crippen LogP contribution in [0.3, 0.4) is 0 Å². The molecular weight excluding hydrogens is 358 g/mol. The van der Waals surface area contributed by atoms with E-state index in [1.807, 2.05) is 18.4 Å². The SMILES string of the molecule is Cc1ccsc1CN(C)C(=O)CN1C(=O)c2ccc([N+](=O)[O-])cc2C1=O. The van der Waals surface area contributed by atoms with Crippen LogP contribution < -0.4 is 0 Å². The van der Waals surface area contributed by atoms with Gasteiger partial charge in [-0.3, -0.25) is 29.4 Å². The Bertz CT molecular complexity index is 936. The summed E-state index contributed by atoms with van der Waals surface area (Å²) in [6.45, 7) is 1.93. The Morgan fingerprint density at radius 3 is 2.54 bits per heavy atom. The lowest BCUT2D eigenvalue weighted by Crippen LogP contribution is -2.40. The number of carbonyl (C=O) groups is 3. The standard InChI is InChI=1S/C17H15N3O5S/c1-10-5-6-26-14(10)8-18(2)15(21)9-19-16(22)12-4-3-11(20(24)25)7-13(12)17(19)23/h3-7H,8-9H2,1-2H3. The number of carbonyl (C=O) groups excluding carboxylic acids is 3. The van der Waals surface area contributed by atoms with Crippen molar-refractivity contribution in [2.45, 2.75) is 13.5 Å². The zero-order chi connectivity index (χ0) is 19.0. The molecule has 1 aromatic carbocycles. The molecule has 0 bridgehead atoms. The largest absolute Gasteiger partial charge is 0.339 e. The monoisotopic (exact) mass is 373 g/mol. The number of amides is 3. The van der Waals surface area contributed by atoms with Crippen molar-refractivity contribution in [2.75, 3.05) is 13.6 Å². The fraction of sp³-hybridized carbons (Fsp3) is 0.235. The van der Waals surface area contributed by atoms with Crippen molar-refractivity contribution >= 4 is 34.7 Å². The van der Waals surface area contributed by atoms with E-state index in [-0.39, 0.29) is 22.7 Å². The van der Waals surface area contributed by atoms with Crippen molar-refractivity contribution in [3.63, 3.8) is 0 Å². The van der Waals surface area contributed by atoms with E-state index in [0.717, 1.165) is 21.4 Å². The number of thiophene rings is 1. The van der Waals surface area contributed by atoms with Gasteiger partial charge in [-0.05, 0) is 30.0 Å². The van der Waals surface area contributed by atoms with E-state index in [0.29, 0.717) is 6.54 Å². The second-order valence-corrected chi connectivity index (χ2v) is 6.96. The van der Waals surface area contributed by atoms with Gasteiger partial charge in [0.2, 0.25) is 5.91 Å². The number of non-ortho nitro benzene ring substituents is 1. The van der Waals surface area contributed by atoms with Crippen molar-refractivity contribution in [1.29, 1.82) is 0 Å². The molecule has 0 atom stereocenters. The minimum absolute atomic E-state index is 0.0474. The quantitative estimate of drug-likeness (QED) is 0.454. The number of rotatable bonds is 5. The van der Waals surface area contributed by atoms with Gasteiger partial charge in [-0.2, -0.15) is 0 Å². The number of benzene rings is 1. The number of nitro benzene ring substituents is 1. The summed E-state index contributed by atoms with van der Waals surface area (Å²) in [6, 6.07) is 5.44. The lowest BCUT2D eigenvalue weighted by atomic mass is 10.1. The lowest BCUT2D eigenvalue weighted by Gasteiger charge is -2.20. The molecule has 134 valence electrons. The first kappa shape index (κ1) is 17.7. The van der Waals surface area contributed by atoms with E-state index in [4.69, 9.17) is 0 Å². The van der Waals surface area contributed by atoms with E-state index in [2.05, 4.69) is 0 Å². The summed E-state index contributed by atoms with van der Waals surface area (Å²) in [5.41, 5.74) is 0.824. The van der Waals surface area contributed by atoms with Crippen LogP contribution in [0.1, 0.15) is 31.2 Å². The molecule has 8 nitrogen and oxygen atoms in total. The molecule has 0 unspecified atom stereocenters. The Morgan fingerprint density at radius 1 is 1.23 bits per heavy atom. The summed E-state index contributed by atoms with van der Waals surface area (Å²) < 4.78 is 0. The second-order valence-electron chi connectivity index (χ2n) is 5.96. The summed E-state index contributed by atoms with van der Waals surface area (Å²) in [7, 11) is 1.60. The maximum atomic E-state index is 12.4. The molecule has 2 aromatic rings.